The second kappa shape index (κ2) is 6.34. The van der Waals surface area contributed by atoms with Crippen molar-refractivity contribution in [2.45, 2.75) is 6.92 Å². The molecule has 0 unspecified atom stereocenters. The van der Waals surface area contributed by atoms with Crippen molar-refractivity contribution >= 4 is 5.91 Å². The third-order valence-electron chi connectivity index (χ3n) is 1.02. The minimum atomic E-state index is -0.379. The molecule has 1 N–H and O–H groups in total. The van der Waals surface area contributed by atoms with Crippen molar-refractivity contribution in [3.8, 4) is 0 Å². The van der Waals surface area contributed by atoms with E-state index < -0.39 is 0 Å². The first-order valence-corrected chi connectivity index (χ1v) is 3.56. The first kappa shape index (κ1) is 10.6. The van der Waals surface area contributed by atoms with Gasteiger partial charge in [-0.05, 0) is 12.2 Å². The summed E-state index contributed by atoms with van der Waals surface area (Å²) in [6.45, 7) is 5.08. The van der Waals surface area contributed by atoms with Crippen LogP contribution in [0.1, 0.15) is 6.92 Å². The third-order valence-corrected chi connectivity index (χ3v) is 1.02. The van der Waals surface area contributed by atoms with Crippen LogP contribution in [0.2, 0.25) is 0 Å². The fourth-order valence-electron chi connectivity index (χ4n) is 0.542. The zero-order valence-corrected chi connectivity index (χ0v) is 7.01. The number of hydrogen-bond acceptors (Lipinski definition) is 1. The number of carbonyl (C=O) groups excluding carboxylic acids is 1. The van der Waals surface area contributed by atoms with Gasteiger partial charge in [0.15, 0.2) is 0 Å². The van der Waals surface area contributed by atoms with E-state index in [9.17, 15) is 9.18 Å². The van der Waals surface area contributed by atoms with Crippen LogP contribution in [0, 0.1) is 0 Å². The summed E-state index contributed by atoms with van der Waals surface area (Å²) in [5.74, 6) is -0.511. The molecule has 0 saturated carbocycles. The smallest absolute Gasteiger partial charge is 0.217 e. The first-order chi connectivity index (χ1) is 5.66. The summed E-state index contributed by atoms with van der Waals surface area (Å²) >= 11 is 0. The molecule has 1 amide bonds. The lowest BCUT2D eigenvalue weighted by molar-refractivity contribution is -0.118. The van der Waals surface area contributed by atoms with Gasteiger partial charge in [-0.1, -0.05) is 18.7 Å². The average molecular weight is 169 g/mol. The molecule has 66 valence electrons. The van der Waals surface area contributed by atoms with E-state index in [-0.39, 0.29) is 11.7 Å². The van der Waals surface area contributed by atoms with Crippen molar-refractivity contribution in [3.63, 3.8) is 0 Å². The van der Waals surface area contributed by atoms with Gasteiger partial charge in [-0.2, -0.15) is 0 Å². The summed E-state index contributed by atoms with van der Waals surface area (Å²) in [7, 11) is 0. The van der Waals surface area contributed by atoms with E-state index in [1.165, 1.54) is 31.2 Å². The van der Waals surface area contributed by atoms with Crippen molar-refractivity contribution in [2.75, 3.05) is 6.54 Å². The van der Waals surface area contributed by atoms with E-state index in [1.807, 2.05) is 0 Å². The molecule has 0 aromatic rings. The topological polar surface area (TPSA) is 29.1 Å². The Morgan fingerprint density at radius 3 is 2.83 bits per heavy atom. The lowest BCUT2D eigenvalue weighted by Crippen LogP contribution is -2.19. The van der Waals surface area contributed by atoms with Crippen LogP contribution in [0.15, 0.2) is 36.7 Å². The number of nitrogens with one attached hydrogen (secondary N) is 1. The summed E-state index contributed by atoms with van der Waals surface area (Å²) in [6.07, 6.45) is 5.40. The van der Waals surface area contributed by atoms with Crippen LogP contribution in [0.25, 0.3) is 0 Å². The van der Waals surface area contributed by atoms with Gasteiger partial charge in [0.05, 0.1) is 0 Å². The van der Waals surface area contributed by atoms with Crippen LogP contribution in [-0.4, -0.2) is 12.5 Å². The molecule has 0 atom stereocenters. The van der Waals surface area contributed by atoms with E-state index >= 15 is 0 Å². The second-order valence-corrected chi connectivity index (χ2v) is 2.13. The van der Waals surface area contributed by atoms with Gasteiger partial charge in [-0.25, -0.2) is 4.39 Å². The van der Waals surface area contributed by atoms with Crippen molar-refractivity contribution in [1.82, 2.24) is 5.32 Å². The molecule has 0 heterocycles. The second-order valence-electron chi connectivity index (χ2n) is 2.13. The quantitative estimate of drug-likeness (QED) is 0.638. The maximum absolute atomic E-state index is 12.5. The standard InChI is InChI=1S/C9H12FNO/c1-3-5-9(10)6-4-7-11-8(2)12/h3-6H,1,7H2,2H3,(H,11,12)/b6-4-,9-5+. The van der Waals surface area contributed by atoms with Crippen molar-refractivity contribution < 1.29 is 9.18 Å². The Morgan fingerprint density at radius 1 is 1.67 bits per heavy atom. The summed E-state index contributed by atoms with van der Waals surface area (Å²) in [4.78, 5) is 10.3. The number of halogens is 1. The molecular weight excluding hydrogens is 157 g/mol. The Labute approximate surface area is 71.5 Å². The number of amides is 1. The van der Waals surface area contributed by atoms with E-state index in [4.69, 9.17) is 0 Å². The highest BCUT2D eigenvalue weighted by Gasteiger charge is 1.86. The van der Waals surface area contributed by atoms with Crippen LogP contribution in [0.5, 0.6) is 0 Å². The van der Waals surface area contributed by atoms with Gasteiger partial charge < -0.3 is 5.32 Å². The minimum Gasteiger partial charge on any atom is -0.353 e. The lowest BCUT2D eigenvalue weighted by Gasteiger charge is -1.93. The molecule has 0 aromatic heterocycles. The molecule has 0 saturated heterocycles. The molecule has 2 nitrogen and oxygen atoms in total. The maximum Gasteiger partial charge on any atom is 0.217 e. The van der Waals surface area contributed by atoms with Crippen molar-refractivity contribution in [1.29, 1.82) is 0 Å². The van der Waals surface area contributed by atoms with E-state index in [0.717, 1.165) is 0 Å². The summed E-state index contributed by atoms with van der Waals surface area (Å²) in [6, 6.07) is 0. The third kappa shape index (κ3) is 6.74. The summed E-state index contributed by atoms with van der Waals surface area (Å²) in [5, 5.41) is 2.50. The van der Waals surface area contributed by atoms with Gasteiger partial charge in [0.2, 0.25) is 5.91 Å². The highest BCUT2D eigenvalue weighted by Crippen LogP contribution is 1.96. The molecule has 0 aromatic carbocycles. The zero-order chi connectivity index (χ0) is 9.40. The Kier molecular flexibility index (Phi) is 5.61. The van der Waals surface area contributed by atoms with Gasteiger partial charge in [0, 0.05) is 13.5 Å². The Balaban J connectivity index is 3.68. The van der Waals surface area contributed by atoms with Crippen molar-refractivity contribution in [2.24, 2.45) is 0 Å². The van der Waals surface area contributed by atoms with Gasteiger partial charge in [-0.3, -0.25) is 4.79 Å². The molecule has 0 bridgehead atoms. The Hall–Kier alpha value is -1.38. The van der Waals surface area contributed by atoms with E-state index in [0.29, 0.717) is 6.54 Å². The number of hydrogen-bond donors (Lipinski definition) is 1. The largest absolute Gasteiger partial charge is 0.353 e. The van der Waals surface area contributed by atoms with E-state index in [2.05, 4.69) is 11.9 Å². The lowest BCUT2D eigenvalue weighted by atomic mass is 10.4. The molecule has 0 rings (SSSR count). The number of rotatable bonds is 4. The SMILES string of the molecule is C=C/C=C(F)\C=C/CNC(C)=O. The van der Waals surface area contributed by atoms with Crippen LogP contribution >= 0.6 is 0 Å². The summed E-state index contributed by atoms with van der Waals surface area (Å²) in [5.41, 5.74) is 0. The average Bonchev–Trinajstić information content (AvgIpc) is 1.98. The van der Waals surface area contributed by atoms with E-state index in [1.54, 1.807) is 0 Å². The molecule has 0 fully saturated rings. The number of allylic oxidation sites excluding steroid dienone is 4. The van der Waals surface area contributed by atoms with Crippen LogP contribution in [0.4, 0.5) is 4.39 Å². The van der Waals surface area contributed by atoms with Crippen LogP contribution in [0.3, 0.4) is 0 Å². The molecule has 0 aliphatic rings. The predicted molar refractivity (Wildman–Crippen MR) is 47.2 cm³/mol. The first-order valence-electron chi connectivity index (χ1n) is 3.56. The highest BCUT2D eigenvalue weighted by atomic mass is 19.1. The van der Waals surface area contributed by atoms with Gasteiger partial charge in [0.1, 0.15) is 5.83 Å². The number of carbonyl (C=O) groups is 1. The molecular formula is C9H12FNO. The molecule has 0 aliphatic carbocycles. The van der Waals surface area contributed by atoms with Crippen molar-refractivity contribution in [3.05, 3.63) is 36.7 Å². The molecule has 3 heteroatoms. The fourth-order valence-corrected chi connectivity index (χ4v) is 0.542. The zero-order valence-electron chi connectivity index (χ0n) is 7.01. The molecule has 0 radical (unpaired) electrons. The van der Waals surface area contributed by atoms with Crippen LogP contribution in [-0.2, 0) is 4.79 Å². The molecule has 0 aliphatic heterocycles. The normalized spacial score (nSPS) is 11.7. The van der Waals surface area contributed by atoms with Crippen LogP contribution < -0.4 is 5.32 Å². The Morgan fingerprint density at radius 2 is 2.33 bits per heavy atom. The monoisotopic (exact) mass is 169 g/mol. The maximum atomic E-state index is 12.5. The Bertz CT molecular complexity index is 219. The molecule has 12 heavy (non-hydrogen) atoms. The minimum absolute atomic E-state index is 0.132. The predicted octanol–water partition coefficient (Wildman–Crippen LogP) is 1.72. The molecule has 0 spiro atoms. The van der Waals surface area contributed by atoms with Gasteiger partial charge in [0.25, 0.3) is 0 Å². The summed E-state index contributed by atoms with van der Waals surface area (Å²) < 4.78 is 12.5. The highest BCUT2D eigenvalue weighted by molar-refractivity contribution is 5.72. The van der Waals surface area contributed by atoms with Gasteiger partial charge >= 0.3 is 0 Å². The fraction of sp³-hybridized carbons (Fsp3) is 0.222. The van der Waals surface area contributed by atoms with Gasteiger partial charge in [-0.15, -0.1) is 0 Å².